The van der Waals surface area contributed by atoms with Crippen LogP contribution >= 0.6 is 11.3 Å². The monoisotopic (exact) mass is 285 g/mol. The van der Waals surface area contributed by atoms with Crippen molar-refractivity contribution in [3.63, 3.8) is 0 Å². The lowest BCUT2D eigenvalue weighted by Gasteiger charge is -2.17. The number of amides is 1. The molecule has 0 fully saturated rings. The number of aromatic nitrogens is 1. The minimum Gasteiger partial charge on any atom is -0.382 e. The highest BCUT2D eigenvalue weighted by Gasteiger charge is 2.18. The molecule has 0 aromatic carbocycles. The van der Waals surface area contributed by atoms with Crippen molar-refractivity contribution in [2.45, 2.75) is 32.9 Å². The van der Waals surface area contributed by atoms with Gasteiger partial charge in [0, 0.05) is 18.6 Å². The third-order valence-corrected chi connectivity index (χ3v) is 3.29. The van der Waals surface area contributed by atoms with E-state index in [-0.39, 0.29) is 23.8 Å². The predicted molar refractivity (Wildman–Crippen MR) is 80.8 cm³/mol. The summed E-state index contributed by atoms with van der Waals surface area (Å²) in [5.74, 6) is 0.115. The van der Waals surface area contributed by atoms with E-state index in [2.05, 4.69) is 15.6 Å². The molecule has 1 aromatic heterocycles. The van der Waals surface area contributed by atoms with E-state index in [1.165, 1.54) is 11.3 Å². The molecule has 1 amide bonds. The Kier molecular flexibility index (Phi) is 5.56. The summed E-state index contributed by atoms with van der Waals surface area (Å²) < 4.78 is 0. The van der Waals surface area contributed by atoms with E-state index in [0.717, 1.165) is 6.54 Å². The van der Waals surface area contributed by atoms with Crippen LogP contribution in [0, 0.1) is 0 Å². The van der Waals surface area contributed by atoms with Crippen LogP contribution in [0.3, 0.4) is 0 Å². The Hall–Kier alpha value is -1.34. The first-order chi connectivity index (χ1) is 8.79. The third-order valence-electron chi connectivity index (χ3n) is 2.29. The number of nitrogen functional groups attached to an aromatic ring is 1. The number of carbonyl (C=O) groups is 1. The Morgan fingerprint density at radius 2 is 2.05 bits per heavy atom. The lowest BCUT2D eigenvalue weighted by molar-refractivity contribution is 0.0939. The summed E-state index contributed by atoms with van der Waals surface area (Å²) in [6.45, 7) is 6.76. The summed E-state index contributed by atoms with van der Waals surface area (Å²) in [6, 6.07) is 0.319. The lowest BCUT2D eigenvalue weighted by atomic mass is 10.3. The zero-order valence-electron chi connectivity index (χ0n) is 12.2. The molecule has 6 nitrogen and oxygen atoms in total. The highest BCUT2D eigenvalue weighted by Crippen LogP contribution is 2.25. The van der Waals surface area contributed by atoms with Gasteiger partial charge in [-0.3, -0.25) is 4.79 Å². The van der Waals surface area contributed by atoms with Crippen molar-refractivity contribution in [3.8, 4) is 0 Å². The molecule has 0 saturated heterocycles. The van der Waals surface area contributed by atoms with Crippen LogP contribution < -0.4 is 16.4 Å². The molecule has 19 heavy (non-hydrogen) atoms. The number of anilines is 2. The number of hydrogen-bond acceptors (Lipinski definition) is 6. The zero-order valence-corrected chi connectivity index (χ0v) is 13.0. The van der Waals surface area contributed by atoms with Crippen molar-refractivity contribution < 1.29 is 4.79 Å². The first-order valence-electron chi connectivity index (χ1n) is 6.28. The Bertz CT molecular complexity index is 430. The Labute approximate surface area is 118 Å². The summed E-state index contributed by atoms with van der Waals surface area (Å²) >= 11 is 1.28. The Balaban J connectivity index is 2.69. The maximum absolute atomic E-state index is 12.1. The van der Waals surface area contributed by atoms with Gasteiger partial charge in [0.15, 0.2) is 5.13 Å². The topological polar surface area (TPSA) is 83.3 Å². The van der Waals surface area contributed by atoms with Gasteiger partial charge < -0.3 is 21.3 Å². The average Bonchev–Trinajstić information content (AvgIpc) is 2.56. The van der Waals surface area contributed by atoms with Crippen molar-refractivity contribution >= 4 is 28.2 Å². The minimum atomic E-state index is -0.166. The van der Waals surface area contributed by atoms with Crippen molar-refractivity contribution in [3.05, 3.63) is 4.88 Å². The van der Waals surface area contributed by atoms with Crippen LogP contribution in [0.25, 0.3) is 0 Å². The molecule has 1 unspecified atom stereocenters. The van der Waals surface area contributed by atoms with Gasteiger partial charge in [-0.05, 0) is 34.9 Å². The van der Waals surface area contributed by atoms with Crippen LogP contribution in [0.1, 0.15) is 30.4 Å². The van der Waals surface area contributed by atoms with E-state index in [9.17, 15) is 4.79 Å². The summed E-state index contributed by atoms with van der Waals surface area (Å²) in [5.41, 5.74) is 5.78. The fraction of sp³-hybridized carbons (Fsp3) is 0.667. The van der Waals surface area contributed by atoms with E-state index in [0.29, 0.717) is 10.0 Å². The normalized spacial score (nSPS) is 12.8. The molecule has 0 saturated carbocycles. The van der Waals surface area contributed by atoms with Crippen molar-refractivity contribution in [1.82, 2.24) is 15.2 Å². The first-order valence-corrected chi connectivity index (χ1v) is 7.09. The number of likely N-dealkylation sites (N-methyl/N-ethyl adjacent to an activating group) is 1. The van der Waals surface area contributed by atoms with E-state index in [4.69, 9.17) is 5.73 Å². The van der Waals surface area contributed by atoms with Gasteiger partial charge >= 0.3 is 0 Å². The highest BCUT2D eigenvalue weighted by molar-refractivity contribution is 7.18. The van der Waals surface area contributed by atoms with E-state index >= 15 is 0 Å². The number of hydrogen-bond donors (Lipinski definition) is 3. The average molecular weight is 285 g/mol. The minimum absolute atomic E-state index is 0.0607. The second-order valence-electron chi connectivity index (χ2n) is 5.17. The van der Waals surface area contributed by atoms with Crippen LogP contribution in [0.5, 0.6) is 0 Å². The van der Waals surface area contributed by atoms with Gasteiger partial charge in [0.25, 0.3) is 5.91 Å². The molecule has 1 aromatic rings. The first kappa shape index (κ1) is 15.7. The van der Waals surface area contributed by atoms with Crippen LogP contribution in [0.4, 0.5) is 10.9 Å². The number of carbonyl (C=O) groups excluding carboxylic acids is 1. The molecule has 7 heteroatoms. The van der Waals surface area contributed by atoms with Gasteiger partial charge in [0.2, 0.25) is 0 Å². The summed E-state index contributed by atoms with van der Waals surface area (Å²) in [5, 5.41) is 6.74. The van der Waals surface area contributed by atoms with Crippen molar-refractivity contribution in [2.75, 3.05) is 31.7 Å². The molecule has 0 aliphatic rings. The lowest BCUT2D eigenvalue weighted by Crippen LogP contribution is -2.39. The maximum Gasteiger partial charge on any atom is 0.265 e. The van der Waals surface area contributed by atoms with Crippen LogP contribution in [-0.2, 0) is 0 Å². The van der Waals surface area contributed by atoms with Gasteiger partial charge in [0.1, 0.15) is 10.7 Å². The molecule has 0 spiro atoms. The molecule has 0 bridgehead atoms. The molecule has 0 radical (unpaired) electrons. The number of nitrogens with zero attached hydrogens (tertiary/aromatic N) is 2. The van der Waals surface area contributed by atoms with Crippen LogP contribution in [0.2, 0.25) is 0 Å². The van der Waals surface area contributed by atoms with Crippen molar-refractivity contribution in [1.29, 1.82) is 0 Å². The quantitative estimate of drug-likeness (QED) is 0.732. The molecule has 1 rings (SSSR count). The molecular weight excluding hydrogens is 262 g/mol. The van der Waals surface area contributed by atoms with Gasteiger partial charge in [-0.25, -0.2) is 4.98 Å². The van der Waals surface area contributed by atoms with Gasteiger partial charge in [-0.1, -0.05) is 11.3 Å². The molecule has 108 valence electrons. The molecule has 0 aliphatic carbocycles. The second-order valence-corrected chi connectivity index (χ2v) is 6.17. The fourth-order valence-corrected chi connectivity index (χ4v) is 2.62. The second kappa shape index (κ2) is 6.72. The van der Waals surface area contributed by atoms with E-state index < -0.39 is 0 Å². The molecule has 4 N–H and O–H groups in total. The van der Waals surface area contributed by atoms with E-state index in [1.807, 2.05) is 39.8 Å². The molecule has 0 aliphatic heterocycles. The van der Waals surface area contributed by atoms with Crippen LogP contribution in [0.15, 0.2) is 0 Å². The molecular formula is C12H23N5OS. The Morgan fingerprint density at radius 3 is 2.58 bits per heavy atom. The van der Waals surface area contributed by atoms with Gasteiger partial charge in [0.05, 0.1) is 0 Å². The van der Waals surface area contributed by atoms with Crippen molar-refractivity contribution in [2.24, 2.45) is 0 Å². The molecule has 1 heterocycles. The smallest absolute Gasteiger partial charge is 0.265 e. The number of rotatable bonds is 6. The number of nitrogens with one attached hydrogen (secondary N) is 2. The fourth-order valence-electron chi connectivity index (χ4n) is 1.69. The number of nitrogens with two attached hydrogens (primary N) is 1. The maximum atomic E-state index is 12.1. The van der Waals surface area contributed by atoms with Crippen LogP contribution in [-0.4, -0.2) is 48.5 Å². The zero-order chi connectivity index (χ0) is 14.6. The third kappa shape index (κ3) is 5.04. The standard InChI is InChI=1S/C12H23N5OS/c1-7(2)14-12-16-10(13)9(19-12)11(18)15-8(3)6-17(4)5/h7-8H,6,13H2,1-5H3,(H,14,16)(H,15,18). The SMILES string of the molecule is CC(C)Nc1nc(N)c(C(=O)NC(C)CN(C)C)s1. The molecule has 1 atom stereocenters. The highest BCUT2D eigenvalue weighted by atomic mass is 32.1. The largest absolute Gasteiger partial charge is 0.382 e. The summed E-state index contributed by atoms with van der Waals surface area (Å²) in [4.78, 5) is 18.7. The number of thiazole rings is 1. The Morgan fingerprint density at radius 1 is 1.42 bits per heavy atom. The van der Waals surface area contributed by atoms with E-state index in [1.54, 1.807) is 0 Å². The van der Waals surface area contributed by atoms with Gasteiger partial charge in [-0.2, -0.15) is 0 Å². The summed E-state index contributed by atoms with van der Waals surface area (Å²) in [6.07, 6.45) is 0. The van der Waals surface area contributed by atoms with Gasteiger partial charge in [-0.15, -0.1) is 0 Å². The predicted octanol–water partition coefficient (Wildman–Crippen LogP) is 1.23. The summed E-state index contributed by atoms with van der Waals surface area (Å²) in [7, 11) is 3.93.